The largest absolute Gasteiger partial charge is 0.506 e. The summed E-state index contributed by atoms with van der Waals surface area (Å²) in [6.45, 7) is 0.150. The van der Waals surface area contributed by atoms with E-state index in [1.807, 2.05) is 0 Å². The predicted octanol–water partition coefficient (Wildman–Crippen LogP) is 3.44. The summed E-state index contributed by atoms with van der Waals surface area (Å²) >= 11 is 5.72. The summed E-state index contributed by atoms with van der Waals surface area (Å²) < 4.78 is 39.0. The topological polar surface area (TPSA) is 46.2 Å². The molecule has 1 aromatic rings. The van der Waals surface area contributed by atoms with Crippen LogP contribution in [-0.4, -0.2) is 11.7 Å². The quantitative estimate of drug-likeness (QED) is 0.871. The Morgan fingerprint density at radius 2 is 1.94 bits per heavy atom. The molecular formula is C12H13ClF3NO. The number of alkyl halides is 3. The Bertz CT molecular complexity index is 464. The molecule has 0 bridgehead atoms. The lowest BCUT2D eigenvalue weighted by Crippen LogP contribution is -2.43. The summed E-state index contributed by atoms with van der Waals surface area (Å²) in [7, 11) is 0. The van der Waals surface area contributed by atoms with Gasteiger partial charge in [-0.2, -0.15) is 13.2 Å². The summed E-state index contributed by atoms with van der Waals surface area (Å²) in [6.07, 6.45) is -2.43. The average molecular weight is 280 g/mol. The number of hydrogen-bond acceptors (Lipinski definition) is 2. The van der Waals surface area contributed by atoms with Gasteiger partial charge >= 0.3 is 6.18 Å². The molecule has 0 aromatic heterocycles. The molecule has 18 heavy (non-hydrogen) atoms. The normalized spacial score (nSPS) is 18.5. The first-order valence-corrected chi connectivity index (χ1v) is 5.98. The molecular weight excluding hydrogens is 267 g/mol. The number of phenolic OH excluding ortho intramolecular Hbond substituents is 1. The van der Waals surface area contributed by atoms with Crippen LogP contribution < -0.4 is 5.73 Å². The highest BCUT2D eigenvalue weighted by Gasteiger charge is 2.45. The highest BCUT2D eigenvalue weighted by Crippen LogP contribution is 2.49. The van der Waals surface area contributed by atoms with E-state index in [0.717, 1.165) is 6.42 Å². The fourth-order valence-electron chi connectivity index (χ4n) is 2.42. The van der Waals surface area contributed by atoms with Crippen molar-refractivity contribution >= 4 is 11.6 Å². The van der Waals surface area contributed by atoms with Crippen molar-refractivity contribution in [2.45, 2.75) is 30.9 Å². The van der Waals surface area contributed by atoms with Gasteiger partial charge in [-0.3, -0.25) is 0 Å². The van der Waals surface area contributed by atoms with E-state index < -0.39 is 22.9 Å². The number of phenols is 1. The lowest BCUT2D eigenvalue weighted by atomic mass is 9.63. The lowest BCUT2D eigenvalue weighted by Gasteiger charge is -2.43. The highest BCUT2D eigenvalue weighted by molar-refractivity contribution is 6.32. The van der Waals surface area contributed by atoms with Crippen molar-refractivity contribution in [1.29, 1.82) is 0 Å². The van der Waals surface area contributed by atoms with E-state index in [2.05, 4.69) is 0 Å². The van der Waals surface area contributed by atoms with E-state index in [0.29, 0.717) is 18.9 Å². The molecule has 0 saturated heterocycles. The fraction of sp³-hybridized carbons (Fsp3) is 0.500. The summed E-state index contributed by atoms with van der Waals surface area (Å²) in [4.78, 5) is 0. The van der Waals surface area contributed by atoms with E-state index >= 15 is 0 Å². The van der Waals surface area contributed by atoms with Crippen molar-refractivity contribution < 1.29 is 18.3 Å². The molecule has 1 aromatic carbocycles. The zero-order valence-electron chi connectivity index (χ0n) is 9.52. The van der Waals surface area contributed by atoms with E-state index in [4.69, 9.17) is 17.3 Å². The molecule has 3 N–H and O–H groups in total. The Kier molecular flexibility index (Phi) is 3.23. The van der Waals surface area contributed by atoms with Crippen LogP contribution in [0.4, 0.5) is 13.2 Å². The molecule has 0 atom stereocenters. The number of rotatable bonds is 2. The van der Waals surface area contributed by atoms with E-state index in [1.54, 1.807) is 0 Å². The first-order valence-electron chi connectivity index (χ1n) is 5.60. The average Bonchev–Trinajstić information content (AvgIpc) is 2.20. The van der Waals surface area contributed by atoms with Gasteiger partial charge in [0.1, 0.15) is 5.75 Å². The maximum Gasteiger partial charge on any atom is 0.416 e. The van der Waals surface area contributed by atoms with Crippen LogP contribution in [0.1, 0.15) is 30.4 Å². The van der Waals surface area contributed by atoms with E-state index in [-0.39, 0.29) is 17.1 Å². The number of benzene rings is 1. The standard InChI is InChI=1S/C12H13ClF3NO/c13-9-4-7(11(6-17)2-1-3-11)8(5-10(9)18)12(14,15)16/h4-5,18H,1-3,6,17H2. The Balaban J connectivity index is 2.61. The third-order valence-electron chi connectivity index (χ3n) is 3.67. The molecule has 2 rings (SSSR count). The van der Waals surface area contributed by atoms with Crippen LogP contribution >= 0.6 is 11.6 Å². The molecule has 1 aliphatic carbocycles. The zero-order chi connectivity index (χ0) is 13.6. The van der Waals surface area contributed by atoms with Gasteiger partial charge in [0.25, 0.3) is 0 Å². The third kappa shape index (κ3) is 2.06. The van der Waals surface area contributed by atoms with Gasteiger partial charge in [0, 0.05) is 12.0 Å². The predicted molar refractivity (Wildman–Crippen MR) is 62.7 cm³/mol. The minimum Gasteiger partial charge on any atom is -0.506 e. The summed E-state index contributed by atoms with van der Waals surface area (Å²) in [5.41, 5.74) is 4.24. The Labute approximate surface area is 108 Å². The Morgan fingerprint density at radius 1 is 1.33 bits per heavy atom. The lowest BCUT2D eigenvalue weighted by molar-refractivity contribution is -0.139. The van der Waals surface area contributed by atoms with Gasteiger partial charge in [0.15, 0.2) is 0 Å². The number of halogens is 4. The van der Waals surface area contributed by atoms with Crippen LogP contribution in [0.15, 0.2) is 12.1 Å². The van der Waals surface area contributed by atoms with Gasteiger partial charge in [-0.25, -0.2) is 0 Å². The van der Waals surface area contributed by atoms with Crippen LogP contribution in [0.3, 0.4) is 0 Å². The van der Waals surface area contributed by atoms with Gasteiger partial charge < -0.3 is 10.8 Å². The highest BCUT2D eigenvalue weighted by atomic mass is 35.5. The summed E-state index contributed by atoms with van der Waals surface area (Å²) in [5.74, 6) is -0.556. The molecule has 0 radical (unpaired) electrons. The minimum atomic E-state index is -4.52. The minimum absolute atomic E-state index is 0.0716. The molecule has 1 aliphatic rings. The summed E-state index contributed by atoms with van der Waals surface area (Å²) in [5, 5.41) is 9.28. The van der Waals surface area contributed by atoms with Crippen LogP contribution in [-0.2, 0) is 11.6 Å². The van der Waals surface area contributed by atoms with Crippen molar-refractivity contribution in [2.75, 3.05) is 6.54 Å². The first kappa shape index (κ1) is 13.5. The van der Waals surface area contributed by atoms with Gasteiger partial charge in [-0.05, 0) is 30.5 Å². The maximum absolute atomic E-state index is 13.0. The fourth-order valence-corrected chi connectivity index (χ4v) is 2.59. The molecule has 0 unspecified atom stereocenters. The summed E-state index contributed by atoms with van der Waals surface area (Å²) in [6, 6.07) is 1.89. The molecule has 0 spiro atoms. The van der Waals surface area contributed by atoms with E-state index in [9.17, 15) is 18.3 Å². The van der Waals surface area contributed by atoms with Gasteiger partial charge in [-0.15, -0.1) is 0 Å². The molecule has 6 heteroatoms. The third-order valence-corrected chi connectivity index (χ3v) is 3.97. The second-order valence-electron chi connectivity index (χ2n) is 4.68. The molecule has 1 fully saturated rings. The van der Waals surface area contributed by atoms with Crippen LogP contribution in [0.2, 0.25) is 5.02 Å². The number of nitrogens with two attached hydrogens (primary N) is 1. The second-order valence-corrected chi connectivity index (χ2v) is 5.09. The molecule has 0 amide bonds. The van der Waals surface area contributed by atoms with Crippen LogP contribution in [0, 0.1) is 0 Å². The van der Waals surface area contributed by atoms with Crippen molar-refractivity contribution in [1.82, 2.24) is 0 Å². The van der Waals surface area contributed by atoms with Crippen molar-refractivity contribution in [2.24, 2.45) is 5.73 Å². The zero-order valence-corrected chi connectivity index (χ0v) is 10.3. The maximum atomic E-state index is 13.0. The number of hydrogen-bond donors (Lipinski definition) is 2. The van der Waals surface area contributed by atoms with Gasteiger partial charge in [-0.1, -0.05) is 18.0 Å². The molecule has 2 nitrogen and oxygen atoms in total. The first-order chi connectivity index (χ1) is 8.30. The molecule has 1 saturated carbocycles. The molecule has 0 heterocycles. The second kappa shape index (κ2) is 4.31. The van der Waals surface area contributed by atoms with Gasteiger partial charge in [0.2, 0.25) is 0 Å². The Hall–Kier alpha value is -0.940. The molecule has 100 valence electrons. The van der Waals surface area contributed by atoms with Gasteiger partial charge in [0.05, 0.1) is 10.6 Å². The van der Waals surface area contributed by atoms with Crippen molar-refractivity contribution in [3.8, 4) is 5.75 Å². The van der Waals surface area contributed by atoms with Crippen molar-refractivity contribution in [3.63, 3.8) is 0 Å². The smallest absolute Gasteiger partial charge is 0.416 e. The van der Waals surface area contributed by atoms with Crippen LogP contribution in [0.25, 0.3) is 0 Å². The van der Waals surface area contributed by atoms with Crippen LogP contribution in [0.5, 0.6) is 5.75 Å². The SMILES string of the molecule is NCC1(c2cc(Cl)c(O)cc2C(F)(F)F)CCC1. The Morgan fingerprint density at radius 3 is 2.33 bits per heavy atom. The molecule has 0 aliphatic heterocycles. The van der Waals surface area contributed by atoms with Crippen molar-refractivity contribution in [3.05, 3.63) is 28.3 Å². The number of aromatic hydroxyl groups is 1. The monoisotopic (exact) mass is 279 g/mol. The van der Waals surface area contributed by atoms with E-state index in [1.165, 1.54) is 6.07 Å².